The zero-order chi connectivity index (χ0) is 13.2. The molecule has 1 aliphatic heterocycles. The molecule has 0 bridgehead atoms. The molecule has 19 heavy (non-hydrogen) atoms. The normalized spacial score (nSPS) is 14.3. The van der Waals surface area contributed by atoms with E-state index in [4.69, 9.17) is 0 Å². The highest BCUT2D eigenvalue weighted by Gasteiger charge is 2.17. The Morgan fingerprint density at radius 3 is 2.84 bits per heavy atom. The van der Waals surface area contributed by atoms with Crippen LogP contribution in [0.15, 0.2) is 42.5 Å². The van der Waals surface area contributed by atoms with Crippen molar-refractivity contribution >= 4 is 5.69 Å². The molecule has 2 nitrogen and oxygen atoms in total. The number of anilines is 1. The lowest BCUT2D eigenvalue weighted by Crippen LogP contribution is -2.29. The molecule has 3 rings (SSSR count). The minimum absolute atomic E-state index is 0.0275. The second kappa shape index (κ2) is 4.92. The highest BCUT2D eigenvalue weighted by atomic mass is 19.1. The van der Waals surface area contributed by atoms with Crippen molar-refractivity contribution in [3.05, 3.63) is 59.4 Å². The minimum atomic E-state index is -0.344. The summed E-state index contributed by atoms with van der Waals surface area (Å²) in [5.41, 5.74) is 3.14. The number of aromatic hydroxyl groups is 1. The van der Waals surface area contributed by atoms with E-state index in [0.29, 0.717) is 12.1 Å². The first-order valence-electron chi connectivity index (χ1n) is 6.54. The third-order valence-corrected chi connectivity index (χ3v) is 3.60. The minimum Gasteiger partial charge on any atom is -0.508 e. The topological polar surface area (TPSA) is 23.5 Å². The summed E-state index contributed by atoms with van der Waals surface area (Å²) in [6, 6.07) is 12.6. The summed E-state index contributed by atoms with van der Waals surface area (Å²) in [4.78, 5) is 2.20. The van der Waals surface area contributed by atoms with Gasteiger partial charge in [-0.25, -0.2) is 4.39 Å². The van der Waals surface area contributed by atoms with Crippen LogP contribution in [0.5, 0.6) is 5.75 Å². The number of para-hydroxylation sites is 1. The standard InChI is InChI=1S/C16H16FNO/c17-15-10-14(19)8-7-13(15)11-18-9-3-5-12-4-1-2-6-16(12)18/h1-2,4,6-8,10,19H,3,5,9,11H2. The van der Waals surface area contributed by atoms with Gasteiger partial charge in [0.05, 0.1) is 0 Å². The number of hydrogen-bond donors (Lipinski definition) is 1. The fourth-order valence-electron chi connectivity index (χ4n) is 2.65. The summed E-state index contributed by atoms with van der Waals surface area (Å²) < 4.78 is 13.8. The van der Waals surface area contributed by atoms with Crippen molar-refractivity contribution in [2.45, 2.75) is 19.4 Å². The number of hydrogen-bond acceptors (Lipinski definition) is 2. The lowest BCUT2D eigenvalue weighted by Gasteiger charge is -2.31. The van der Waals surface area contributed by atoms with Crippen LogP contribution < -0.4 is 4.90 Å². The molecule has 0 aromatic heterocycles. The molecular weight excluding hydrogens is 241 g/mol. The Morgan fingerprint density at radius 2 is 2.00 bits per heavy atom. The summed E-state index contributed by atoms with van der Waals surface area (Å²) in [5, 5.41) is 9.25. The average Bonchev–Trinajstić information content (AvgIpc) is 2.42. The molecule has 0 aliphatic carbocycles. The number of nitrogens with zero attached hydrogens (tertiary/aromatic N) is 1. The Morgan fingerprint density at radius 1 is 1.16 bits per heavy atom. The van der Waals surface area contributed by atoms with Crippen molar-refractivity contribution in [2.75, 3.05) is 11.4 Å². The van der Waals surface area contributed by atoms with E-state index in [9.17, 15) is 9.50 Å². The molecule has 98 valence electrons. The predicted octanol–water partition coefficient (Wildman–Crippen LogP) is 3.48. The van der Waals surface area contributed by atoms with Crippen LogP contribution in [-0.4, -0.2) is 11.7 Å². The molecule has 0 fully saturated rings. The van der Waals surface area contributed by atoms with E-state index in [-0.39, 0.29) is 11.6 Å². The smallest absolute Gasteiger partial charge is 0.131 e. The van der Waals surface area contributed by atoms with Crippen molar-refractivity contribution in [1.29, 1.82) is 0 Å². The van der Waals surface area contributed by atoms with Crippen molar-refractivity contribution in [2.24, 2.45) is 0 Å². The summed E-state index contributed by atoms with van der Waals surface area (Å²) >= 11 is 0. The average molecular weight is 257 g/mol. The highest BCUT2D eigenvalue weighted by molar-refractivity contribution is 5.55. The van der Waals surface area contributed by atoms with Crippen LogP contribution in [0.1, 0.15) is 17.5 Å². The maximum Gasteiger partial charge on any atom is 0.131 e. The zero-order valence-corrected chi connectivity index (χ0v) is 10.6. The van der Waals surface area contributed by atoms with Gasteiger partial charge in [0, 0.05) is 30.4 Å². The Balaban J connectivity index is 1.88. The first-order valence-corrected chi connectivity index (χ1v) is 6.54. The van der Waals surface area contributed by atoms with E-state index in [1.54, 1.807) is 6.07 Å². The quantitative estimate of drug-likeness (QED) is 0.890. The van der Waals surface area contributed by atoms with Gasteiger partial charge in [0.2, 0.25) is 0 Å². The van der Waals surface area contributed by atoms with Gasteiger partial charge < -0.3 is 10.0 Å². The van der Waals surface area contributed by atoms with Crippen LogP contribution in [0.25, 0.3) is 0 Å². The van der Waals surface area contributed by atoms with Crippen LogP contribution >= 0.6 is 0 Å². The van der Waals surface area contributed by atoms with Gasteiger partial charge >= 0.3 is 0 Å². The fourth-order valence-corrected chi connectivity index (χ4v) is 2.65. The molecule has 0 saturated heterocycles. The van der Waals surface area contributed by atoms with Crippen molar-refractivity contribution in [3.8, 4) is 5.75 Å². The summed E-state index contributed by atoms with van der Waals surface area (Å²) in [7, 11) is 0. The fraction of sp³-hybridized carbons (Fsp3) is 0.250. The van der Waals surface area contributed by atoms with Gasteiger partial charge in [0.1, 0.15) is 11.6 Å². The molecular formula is C16H16FNO. The van der Waals surface area contributed by atoms with E-state index in [2.05, 4.69) is 17.0 Å². The lowest BCUT2D eigenvalue weighted by atomic mass is 10.0. The Hall–Kier alpha value is -2.03. The van der Waals surface area contributed by atoms with E-state index in [1.165, 1.54) is 23.4 Å². The number of halogens is 1. The lowest BCUT2D eigenvalue weighted by molar-refractivity contribution is 0.467. The van der Waals surface area contributed by atoms with Gasteiger partial charge in [-0.1, -0.05) is 24.3 Å². The van der Waals surface area contributed by atoms with Crippen LogP contribution in [0, 0.1) is 5.82 Å². The molecule has 1 aliphatic rings. The third kappa shape index (κ3) is 2.41. The molecule has 0 atom stereocenters. The second-order valence-electron chi connectivity index (χ2n) is 4.93. The van der Waals surface area contributed by atoms with E-state index in [0.717, 1.165) is 19.4 Å². The van der Waals surface area contributed by atoms with Crippen molar-refractivity contribution in [1.82, 2.24) is 0 Å². The molecule has 1 heterocycles. The van der Waals surface area contributed by atoms with Crippen LogP contribution in [-0.2, 0) is 13.0 Å². The second-order valence-corrected chi connectivity index (χ2v) is 4.93. The molecule has 0 saturated carbocycles. The number of benzene rings is 2. The monoisotopic (exact) mass is 257 g/mol. The van der Waals surface area contributed by atoms with Crippen LogP contribution in [0.2, 0.25) is 0 Å². The summed E-state index contributed by atoms with van der Waals surface area (Å²) in [6.07, 6.45) is 2.18. The maximum absolute atomic E-state index is 13.8. The number of aryl methyl sites for hydroxylation is 1. The van der Waals surface area contributed by atoms with E-state index in [1.807, 2.05) is 12.1 Å². The van der Waals surface area contributed by atoms with Gasteiger partial charge in [-0.05, 0) is 30.5 Å². The number of rotatable bonds is 2. The molecule has 3 heteroatoms. The Labute approximate surface area is 112 Å². The summed E-state index contributed by atoms with van der Waals surface area (Å²) in [6.45, 7) is 1.49. The summed E-state index contributed by atoms with van der Waals surface area (Å²) in [5.74, 6) is -0.372. The maximum atomic E-state index is 13.8. The largest absolute Gasteiger partial charge is 0.508 e. The van der Waals surface area contributed by atoms with Gasteiger partial charge in [0.15, 0.2) is 0 Å². The van der Waals surface area contributed by atoms with Crippen LogP contribution in [0.3, 0.4) is 0 Å². The highest BCUT2D eigenvalue weighted by Crippen LogP contribution is 2.28. The van der Waals surface area contributed by atoms with Crippen molar-refractivity contribution < 1.29 is 9.50 Å². The molecule has 0 radical (unpaired) electrons. The van der Waals surface area contributed by atoms with Gasteiger partial charge in [-0.15, -0.1) is 0 Å². The molecule has 0 spiro atoms. The van der Waals surface area contributed by atoms with Gasteiger partial charge in [0.25, 0.3) is 0 Å². The van der Waals surface area contributed by atoms with Gasteiger partial charge in [-0.2, -0.15) is 0 Å². The molecule has 0 unspecified atom stereocenters. The Kier molecular flexibility index (Phi) is 3.11. The number of phenolic OH excluding ortho intramolecular Hbond substituents is 1. The molecule has 2 aromatic rings. The zero-order valence-electron chi connectivity index (χ0n) is 10.6. The molecule has 1 N–H and O–H groups in total. The van der Waals surface area contributed by atoms with Crippen LogP contribution in [0.4, 0.5) is 10.1 Å². The first-order chi connectivity index (χ1) is 9.24. The molecule has 2 aromatic carbocycles. The molecule has 0 amide bonds. The Bertz CT molecular complexity index is 597. The van der Waals surface area contributed by atoms with Crippen molar-refractivity contribution in [3.63, 3.8) is 0 Å². The predicted molar refractivity (Wildman–Crippen MR) is 73.9 cm³/mol. The number of fused-ring (bicyclic) bond motifs is 1. The SMILES string of the molecule is Oc1ccc(CN2CCCc3ccccc32)c(F)c1. The van der Waals surface area contributed by atoms with E-state index < -0.39 is 0 Å². The van der Waals surface area contributed by atoms with Gasteiger partial charge in [-0.3, -0.25) is 0 Å². The number of phenols is 1. The first kappa shape index (κ1) is 12.0. The third-order valence-electron chi connectivity index (χ3n) is 3.60. The van der Waals surface area contributed by atoms with E-state index >= 15 is 0 Å².